The summed E-state index contributed by atoms with van der Waals surface area (Å²) in [6.45, 7) is 1.98. The Bertz CT molecular complexity index is 225. The van der Waals surface area contributed by atoms with Gasteiger partial charge in [-0.05, 0) is 12.5 Å². The molecule has 2 nitrogen and oxygen atoms in total. The molecule has 0 saturated heterocycles. The fraction of sp³-hybridized carbons (Fsp3) is 0.333. The van der Waals surface area contributed by atoms with Crippen LogP contribution in [0, 0.1) is 6.92 Å². The molecule has 0 aliphatic heterocycles. The molecule has 0 spiro atoms. The summed E-state index contributed by atoms with van der Waals surface area (Å²) < 4.78 is 0.128. The van der Waals surface area contributed by atoms with E-state index in [0.29, 0.717) is 0 Å². The van der Waals surface area contributed by atoms with Gasteiger partial charge in [0.25, 0.3) is 0 Å². The lowest BCUT2D eigenvalue weighted by atomic mass is 10.3. The molecule has 0 fully saturated rings. The number of nitrogens with zero attached hydrogens (tertiary/aromatic N) is 2. The van der Waals surface area contributed by atoms with Gasteiger partial charge in [0.15, 0.2) is 0 Å². The largest absolute Gasteiger partial charge is 0.245 e. The Kier molecular flexibility index (Phi) is 2.80. The number of rotatable bonds is 1. The summed E-state index contributed by atoms with van der Waals surface area (Å²) in [6, 6.07) is 0. The maximum atomic E-state index is 4.07. The van der Waals surface area contributed by atoms with Crippen molar-refractivity contribution in [3.8, 4) is 0 Å². The zero-order valence-corrected chi connectivity index (χ0v) is 8.55. The molecular formula is C6H6Br2N2. The summed E-state index contributed by atoms with van der Waals surface area (Å²) in [4.78, 5) is 7.95. The summed E-state index contributed by atoms with van der Waals surface area (Å²) in [7, 11) is 0. The van der Waals surface area contributed by atoms with E-state index in [1.807, 2.05) is 6.92 Å². The highest BCUT2D eigenvalue weighted by molar-refractivity contribution is 9.24. The highest BCUT2D eigenvalue weighted by atomic mass is 79.9. The zero-order valence-electron chi connectivity index (χ0n) is 5.38. The average molecular weight is 266 g/mol. The third-order valence-corrected chi connectivity index (χ3v) is 2.01. The summed E-state index contributed by atoms with van der Waals surface area (Å²) in [5.41, 5.74) is 2.07. The lowest BCUT2D eigenvalue weighted by Crippen LogP contribution is -1.92. The molecule has 0 atom stereocenters. The first kappa shape index (κ1) is 8.14. The van der Waals surface area contributed by atoms with Crippen molar-refractivity contribution in [2.24, 2.45) is 0 Å². The van der Waals surface area contributed by atoms with E-state index in [0.717, 1.165) is 11.3 Å². The van der Waals surface area contributed by atoms with Crippen molar-refractivity contribution in [1.82, 2.24) is 9.97 Å². The van der Waals surface area contributed by atoms with E-state index in [1.165, 1.54) is 6.33 Å². The quantitative estimate of drug-likeness (QED) is 0.730. The lowest BCUT2D eigenvalue weighted by Gasteiger charge is -2.02. The normalized spacial score (nSPS) is 10.4. The minimum absolute atomic E-state index is 0.128. The molecule has 10 heavy (non-hydrogen) atoms. The van der Waals surface area contributed by atoms with Gasteiger partial charge in [0.1, 0.15) is 10.1 Å². The number of halogens is 2. The van der Waals surface area contributed by atoms with Crippen LogP contribution in [0.15, 0.2) is 12.5 Å². The standard InChI is InChI=1S/C6H6Br2N2/c1-4-2-9-3-10-5(4)6(7)8/h2-3,6H,1H3. The van der Waals surface area contributed by atoms with Gasteiger partial charge in [-0.25, -0.2) is 9.97 Å². The van der Waals surface area contributed by atoms with Gasteiger partial charge in [-0.3, -0.25) is 0 Å². The Morgan fingerprint density at radius 2 is 2.20 bits per heavy atom. The van der Waals surface area contributed by atoms with Crippen LogP contribution in [0.1, 0.15) is 15.0 Å². The number of alkyl halides is 2. The van der Waals surface area contributed by atoms with E-state index in [-0.39, 0.29) is 3.74 Å². The molecule has 0 unspecified atom stereocenters. The van der Waals surface area contributed by atoms with Crippen molar-refractivity contribution in [2.75, 3.05) is 0 Å². The van der Waals surface area contributed by atoms with Crippen molar-refractivity contribution in [2.45, 2.75) is 10.7 Å². The van der Waals surface area contributed by atoms with Crippen molar-refractivity contribution in [1.29, 1.82) is 0 Å². The van der Waals surface area contributed by atoms with E-state index in [9.17, 15) is 0 Å². The van der Waals surface area contributed by atoms with Crippen molar-refractivity contribution >= 4 is 31.9 Å². The maximum absolute atomic E-state index is 4.07. The first-order chi connectivity index (χ1) is 4.72. The summed E-state index contributed by atoms with van der Waals surface area (Å²) >= 11 is 6.72. The number of aromatic nitrogens is 2. The Hall–Kier alpha value is 0.0400. The predicted octanol–water partition coefficient (Wildman–Crippen LogP) is 2.57. The lowest BCUT2D eigenvalue weighted by molar-refractivity contribution is 1.05. The number of hydrogen-bond donors (Lipinski definition) is 0. The minimum atomic E-state index is 0.128. The van der Waals surface area contributed by atoms with Crippen molar-refractivity contribution in [3.63, 3.8) is 0 Å². The summed E-state index contributed by atoms with van der Waals surface area (Å²) in [5.74, 6) is 0. The van der Waals surface area contributed by atoms with Gasteiger partial charge in [0.2, 0.25) is 0 Å². The Balaban J connectivity index is 3.03. The molecule has 1 heterocycles. The molecule has 54 valence electrons. The Morgan fingerprint density at radius 1 is 1.50 bits per heavy atom. The van der Waals surface area contributed by atoms with E-state index < -0.39 is 0 Å². The third-order valence-electron chi connectivity index (χ3n) is 1.14. The van der Waals surface area contributed by atoms with Crippen LogP contribution >= 0.6 is 31.9 Å². The van der Waals surface area contributed by atoms with Crippen LogP contribution < -0.4 is 0 Å². The molecule has 0 saturated carbocycles. The van der Waals surface area contributed by atoms with Crippen LogP contribution in [-0.4, -0.2) is 9.97 Å². The third kappa shape index (κ3) is 1.76. The monoisotopic (exact) mass is 264 g/mol. The first-order valence-corrected chi connectivity index (χ1v) is 4.59. The van der Waals surface area contributed by atoms with Gasteiger partial charge in [0, 0.05) is 6.20 Å². The maximum Gasteiger partial charge on any atom is 0.115 e. The average Bonchev–Trinajstić information content (AvgIpc) is 1.88. The van der Waals surface area contributed by atoms with E-state index in [1.54, 1.807) is 6.20 Å². The van der Waals surface area contributed by atoms with Crippen molar-refractivity contribution in [3.05, 3.63) is 23.8 Å². The van der Waals surface area contributed by atoms with Crippen LogP contribution in [0.4, 0.5) is 0 Å². The second kappa shape index (κ2) is 3.44. The number of aryl methyl sites for hydroxylation is 1. The van der Waals surface area contributed by atoms with Crippen LogP contribution in [0.5, 0.6) is 0 Å². The van der Waals surface area contributed by atoms with Crippen LogP contribution in [0.25, 0.3) is 0 Å². The zero-order chi connectivity index (χ0) is 7.56. The second-order valence-corrected chi connectivity index (χ2v) is 4.95. The molecule has 0 aliphatic carbocycles. The Morgan fingerprint density at radius 3 is 2.60 bits per heavy atom. The molecular weight excluding hydrogens is 260 g/mol. The van der Waals surface area contributed by atoms with E-state index >= 15 is 0 Å². The van der Waals surface area contributed by atoms with Gasteiger partial charge in [0.05, 0.1) is 5.69 Å². The van der Waals surface area contributed by atoms with Crippen LogP contribution in [0.3, 0.4) is 0 Å². The molecule has 0 aliphatic rings. The van der Waals surface area contributed by atoms with Gasteiger partial charge in [-0.2, -0.15) is 0 Å². The van der Waals surface area contributed by atoms with Gasteiger partial charge in [-0.15, -0.1) is 0 Å². The molecule has 0 aromatic carbocycles. The fourth-order valence-corrected chi connectivity index (χ4v) is 1.60. The van der Waals surface area contributed by atoms with Crippen LogP contribution in [-0.2, 0) is 0 Å². The number of hydrogen-bond acceptors (Lipinski definition) is 2. The topological polar surface area (TPSA) is 25.8 Å². The second-order valence-electron chi connectivity index (χ2n) is 1.89. The minimum Gasteiger partial charge on any atom is -0.245 e. The highest BCUT2D eigenvalue weighted by Gasteiger charge is 2.05. The van der Waals surface area contributed by atoms with Crippen molar-refractivity contribution < 1.29 is 0 Å². The van der Waals surface area contributed by atoms with E-state index in [4.69, 9.17) is 0 Å². The molecule has 0 amide bonds. The Labute approximate surface area is 76.3 Å². The first-order valence-electron chi connectivity index (χ1n) is 2.76. The summed E-state index contributed by atoms with van der Waals surface area (Å²) in [5, 5.41) is 0. The van der Waals surface area contributed by atoms with E-state index in [2.05, 4.69) is 41.8 Å². The van der Waals surface area contributed by atoms with Crippen LogP contribution in [0.2, 0.25) is 0 Å². The highest BCUT2D eigenvalue weighted by Crippen LogP contribution is 2.28. The fourth-order valence-electron chi connectivity index (χ4n) is 0.637. The molecule has 0 radical (unpaired) electrons. The smallest absolute Gasteiger partial charge is 0.115 e. The van der Waals surface area contributed by atoms with Gasteiger partial charge in [-0.1, -0.05) is 31.9 Å². The van der Waals surface area contributed by atoms with Gasteiger partial charge >= 0.3 is 0 Å². The predicted molar refractivity (Wildman–Crippen MR) is 47.4 cm³/mol. The molecule has 0 N–H and O–H groups in total. The van der Waals surface area contributed by atoms with Gasteiger partial charge < -0.3 is 0 Å². The molecule has 0 bridgehead atoms. The molecule has 1 aromatic rings. The molecule has 1 rings (SSSR count). The molecule has 4 heteroatoms. The molecule has 1 aromatic heterocycles. The SMILES string of the molecule is Cc1cncnc1C(Br)Br. The summed E-state index contributed by atoms with van der Waals surface area (Å²) in [6.07, 6.45) is 3.33.